The fourth-order valence-electron chi connectivity index (χ4n) is 1.43. The zero-order valence-corrected chi connectivity index (χ0v) is 7.98. The Hall–Kier alpha value is -2.10. The third-order valence-corrected chi connectivity index (χ3v) is 2.23. The van der Waals surface area contributed by atoms with Gasteiger partial charge in [0.1, 0.15) is 5.58 Å². The van der Waals surface area contributed by atoms with Gasteiger partial charge in [0.25, 0.3) is 5.78 Å². The molecule has 4 nitrogen and oxygen atoms in total. The molecule has 4 heteroatoms. The quantitative estimate of drug-likeness (QED) is 0.600. The van der Waals surface area contributed by atoms with Gasteiger partial charge in [0.05, 0.1) is 6.26 Å². The molecule has 2 rings (SSSR count). The Morgan fingerprint density at radius 1 is 1.33 bits per heavy atom. The van der Waals surface area contributed by atoms with Crippen molar-refractivity contribution >= 4 is 22.7 Å². The molecule has 0 bridgehead atoms. The number of hydrogen-bond donors (Lipinski definition) is 1. The summed E-state index contributed by atoms with van der Waals surface area (Å²) in [6, 6.07) is 4.62. The summed E-state index contributed by atoms with van der Waals surface area (Å²) in [6.45, 7) is 1.88. The molecule has 1 aromatic carbocycles. The van der Waals surface area contributed by atoms with Crippen LogP contribution in [0.5, 0.6) is 0 Å². The van der Waals surface area contributed by atoms with E-state index in [-0.39, 0.29) is 5.56 Å². The lowest BCUT2D eigenvalue weighted by Gasteiger charge is -1.95. The molecule has 0 saturated carbocycles. The van der Waals surface area contributed by atoms with Gasteiger partial charge in [0, 0.05) is 10.9 Å². The van der Waals surface area contributed by atoms with E-state index < -0.39 is 11.8 Å². The van der Waals surface area contributed by atoms with Crippen LogP contribution in [0.15, 0.2) is 28.9 Å². The number of fused-ring (bicyclic) bond motifs is 1. The van der Waals surface area contributed by atoms with E-state index in [1.54, 1.807) is 12.3 Å². The number of ketones is 1. The first-order valence-electron chi connectivity index (χ1n) is 4.35. The second kappa shape index (κ2) is 3.24. The molecule has 1 aromatic heterocycles. The van der Waals surface area contributed by atoms with E-state index in [0.717, 1.165) is 10.9 Å². The van der Waals surface area contributed by atoms with E-state index in [1.807, 2.05) is 6.92 Å². The maximum Gasteiger partial charge on any atom is 0.377 e. The number of aliphatic carboxylic acids is 1. The molecule has 0 aliphatic carbocycles. The fraction of sp³-hybridized carbons (Fsp3) is 0.0909. The van der Waals surface area contributed by atoms with Gasteiger partial charge >= 0.3 is 5.97 Å². The predicted octanol–water partition coefficient (Wildman–Crippen LogP) is 2.01. The summed E-state index contributed by atoms with van der Waals surface area (Å²) >= 11 is 0. The van der Waals surface area contributed by atoms with Crippen molar-refractivity contribution in [2.75, 3.05) is 0 Å². The van der Waals surface area contributed by atoms with Crippen LogP contribution in [-0.2, 0) is 4.79 Å². The Labute approximate surface area is 85.1 Å². The first kappa shape index (κ1) is 9.45. The number of carbonyl (C=O) groups is 2. The van der Waals surface area contributed by atoms with Crippen molar-refractivity contribution in [2.24, 2.45) is 0 Å². The Kier molecular flexibility index (Phi) is 2.04. The van der Waals surface area contributed by atoms with Crippen LogP contribution in [0.1, 0.15) is 15.9 Å². The van der Waals surface area contributed by atoms with Crippen molar-refractivity contribution in [3.63, 3.8) is 0 Å². The third kappa shape index (κ3) is 1.50. The summed E-state index contributed by atoms with van der Waals surface area (Å²) in [5, 5.41) is 9.42. The highest BCUT2D eigenvalue weighted by Gasteiger charge is 2.15. The molecular formula is C11H8O4. The van der Waals surface area contributed by atoms with Crippen molar-refractivity contribution in [1.29, 1.82) is 0 Å². The van der Waals surface area contributed by atoms with Gasteiger partial charge in [0.15, 0.2) is 0 Å². The molecule has 0 amide bonds. The largest absolute Gasteiger partial charge is 0.475 e. The van der Waals surface area contributed by atoms with Gasteiger partial charge in [-0.1, -0.05) is 6.07 Å². The first-order chi connectivity index (χ1) is 7.09. The van der Waals surface area contributed by atoms with E-state index in [1.165, 1.54) is 12.1 Å². The molecule has 1 heterocycles. The number of rotatable bonds is 2. The standard InChI is InChI=1S/C11H8O4/c1-6-5-15-9-4-7(2-3-8(6)9)10(12)11(13)14/h2-5H,1H3,(H,13,14). The van der Waals surface area contributed by atoms with Gasteiger partial charge in [-0.15, -0.1) is 0 Å². The number of furan rings is 1. The van der Waals surface area contributed by atoms with E-state index in [4.69, 9.17) is 9.52 Å². The average molecular weight is 204 g/mol. The molecule has 2 aromatic rings. The van der Waals surface area contributed by atoms with Crippen molar-refractivity contribution in [3.8, 4) is 0 Å². The normalized spacial score (nSPS) is 10.5. The lowest BCUT2D eigenvalue weighted by molar-refractivity contribution is -0.131. The minimum atomic E-state index is -1.46. The first-order valence-corrected chi connectivity index (χ1v) is 4.35. The lowest BCUT2D eigenvalue weighted by Crippen LogP contribution is -2.12. The maximum atomic E-state index is 11.2. The van der Waals surface area contributed by atoms with E-state index in [2.05, 4.69) is 0 Å². The number of carboxylic acid groups (broad SMARTS) is 1. The molecule has 0 radical (unpaired) electrons. The Morgan fingerprint density at radius 3 is 2.73 bits per heavy atom. The van der Waals surface area contributed by atoms with Crippen molar-refractivity contribution in [1.82, 2.24) is 0 Å². The molecule has 0 atom stereocenters. The zero-order valence-electron chi connectivity index (χ0n) is 7.98. The van der Waals surface area contributed by atoms with E-state index in [9.17, 15) is 9.59 Å². The van der Waals surface area contributed by atoms with Crippen LogP contribution in [0.3, 0.4) is 0 Å². The second-order valence-electron chi connectivity index (χ2n) is 3.26. The number of hydrogen-bond acceptors (Lipinski definition) is 3. The molecule has 0 fully saturated rings. The van der Waals surface area contributed by atoms with Crippen LogP contribution < -0.4 is 0 Å². The van der Waals surface area contributed by atoms with Crippen LogP contribution >= 0.6 is 0 Å². The van der Waals surface area contributed by atoms with Crippen LogP contribution in [0.4, 0.5) is 0 Å². The minimum absolute atomic E-state index is 0.129. The monoisotopic (exact) mass is 204 g/mol. The average Bonchev–Trinajstić information content (AvgIpc) is 2.59. The van der Waals surface area contributed by atoms with Crippen LogP contribution in [-0.4, -0.2) is 16.9 Å². The van der Waals surface area contributed by atoms with E-state index >= 15 is 0 Å². The highest BCUT2D eigenvalue weighted by atomic mass is 16.4. The smallest absolute Gasteiger partial charge is 0.377 e. The number of aryl methyl sites for hydroxylation is 1. The Balaban J connectivity index is 2.57. The predicted molar refractivity (Wildman–Crippen MR) is 52.9 cm³/mol. The highest BCUT2D eigenvalue weighted by Crippen LogP contribution is 2.21. The summed E-state index contributed by atoms with van der Waals surface area (Å²) in [7, 11) is 0. The van der Waals surface area contributed by atoms with Gasteiger partial charge in [-0.25, -0.2) is 4.79 Å². The van der Waals surface area contributed by atoms with Crippen LogP contribution in [0, 0.1) is 6.92 Å². The molecular weight excluding hydrogens is 196 g/mol. The highest BCUT2D eigenvalue weighted by molar-refractivity contribution is 6.40. The van der Waals surface area contributed by atoms with Crippen LogP contribution in [0.2, 0.25) is 0 Å². The van der Waals surface area contributed by atoms with Gasteiger partial charge in [-0.3, -0.25) is 4.79 Å². The molecule has 0 aliphatic heterocycles. The number of carboxylic acids is 1. The van der Waals surface area contributed by atoms with Crippen molar-refractivity contribution < 1.29 is 19.1 Å². The summed E-state index contributed by atoms with van der Waals surface area (Å²) in [4.78, 5) is 21.6. The zero-order chi connectivity index (χ0) is 11.0. The van der Waals surface area contributed by atoms with Gasteiger partial charge in [0.2, 0.25) is 0 Å². The SMILES string of the molecule is Cc1coc2cc(C(=O)C(=O)O)ccc12. The number of carbonyl (C=O) groups excluding carboxylic acids is 1. The summed E-state index contributed by atoms with van der Waals surface area (Å²) in [5.74, 6) is -2.39. The summed E-state index contributed by atoms with van der Waals surface area (Å²) in [5.41, 5.74) is 1.61. The summed E-state index contributed by atoms with van der Waals surface area (Å²) < 4.78 is 5.17. The number of benzene rings is 1. The van der Waals surface area contributed by atoms with Crippen molar-refractivity contribution in [2.45, 2.75) is 6.92 Å². The molecule has 0 spiro atoms. The molecule has 0 saturated heterocycles. The Morgan fingerprint density at radius 2 is 2.07 bits per heavy atom. The molecule has 76 valence electrons. The van der Waals surface area contributed by atoms with Crippen molar-refractivity contribution in [3.05, 3.63) is 35.6 Å². The lowest BCUT2D eigenvalue weighted by atomic mass is 10.1. The van der Waals surface area contributed by atoms with Gasteiger partial charge in [-0.05, 0) is 24.6 Å². The topological polar surface area (TPSA) is 67.5 Å². The van der Waals surface area contributed by atoms with Crippen LogP contribution in [0.25, 0.3) is 11.0 Å². The Bertz CT molecular complexity index is 551. The molecule has 15 heavy (non-hydrogen) atoms. The fourth-order valence-corrected chi connectivity index (χ4v) is 1.43. The maximum absolute atomic E-state index is 11.2. The van der Waals surface area contributed by atoms with Gasteiger partial charge in [-0.2, -0.15) is 0 Å². The third-order valence-electron chi connectivity index (χ3n) is 2.23. The second-order valence-corrected chi connectivity index (χ2v) is 3.26. The molecule has 0 unspecified atom stereocenters. The molecule has 0 aliphatic rings. The molecule has 1 N–H and O–H groups in total. The minimum Gasteiger partial charge on any atom is -0.475 e. The van der Waals surface area contributed by atoms with E-state index in [0.29, 0.717) is 5.58 Å². The number of Topliss-reactive ketones (excluding diaryl/α,β-unsaturated/α-hetero) is 1. The van der Waals surface area contributed by atoms with Gasteiger partial charge < -0.3 is 9.52 Å². The summed E-state index contributed by atoms with van der Waals surface area (Å²) in [6.07, 6.45) is 1.57.